The summed E-state index contributed by atoms with van der Waals surface area (Å²) in [5.74, 6) is -0.216. The van der Waals surface area contributed by atoms with Crippen LogP contribution in [-0.2, 0) is 51.9 Å². The number of amides is 3. The summed E-state index contributed by atoms with van der Waals surface area (Å²) in [5.41, 5.74) is 9.89. The second-order valence-corrected chi connectivity index (χ2v) is 22.6. The molecule has 14 nitrogen and oxygen atoms in total. The van der Waals surface area contributed by atoms with Crippen molar-refractivity contribution >= 4 is 55.0 Å². The number of fused-ring (bicyclic) bond motifs is 2. The molecule has 372 valence electrons. The quantitative estimate of drug-likeness (QED) is 0.0402. The van der Waals surface area contributed by atoms with Crippen LogP contribution in [0.3, 0.4) is 0 Å². The van der Waals surface area contributed by atoms with Crippen LogP contribution in [0.5, 0.6) is 5.75 Å². The molecule has 3 aromatic carbocycles. The summed E-state index contributed by atoms with van der Waals surface area (Å²) in [6, 6.07) is 22.3. The fourth-order valence-corrected chi connectivity index (χ4v) is 11.0. The van der Waals surface area contributed by atoms with Crippen molar-refractivity contribution in [3.05, 3.63) is 148 Å². The fraction of sp³-hybridized carbons (Fsp3) is 0.407. The minimum absolute atomic E-state index is 0.106. The lowest BCUT2D eigenvalue weighted by atomic mass is 9.81. The van der Waals surface area contributed by atoms with E-state index in [0.717, 1.165) is 80.5 Å². The Morgan fingerprint density at radius 1 is 0.786 bits per heavy atom. The first-order chi connectivity index (χ1) is 33.1. The van der Waals surface area contributed by atoms with Gasteiger partial charge in [0.05, 0.1) is 16.9 Å². The number of unbranched alkanes of at least 4 members (excludes halogenated alkanes) is 2. The normalized spacial score (nSPS) is 18.8. The molecule has 70 heavy (non-hydrogen) atoms. The number of rotatable bonds is 21. The molecule has 0 spiro atoms. The molecule has 0 aromatic heterocycles. The number of hydrogen-bond donors (Lipinski definition) is 3. The number of hydrogen-bond acceptors (Lipinski definition) is 9. The molecule has 0 fully saturated rings. The van der Waals surface area contributed by atoms with Crippen molar-refractivity contribution in [2.45, 2.75) is 103 Å². The molecule has 3 aliphatic heterocycles. The van der Waals surface area contributed by atoms with Crippen molar-refractivity contribution in [3.63, 3.8) is 0 Å². The molecule has 3 N–H and O–H groups in total. The van der Waals surface area contributed by atoms with Crippen molar-refractivity contribution in [2.24, 2.45) is 0 Å². The highest BCUT2D eigenvalue weighted by molar-refractivity contribution is 7.86. The summed E-state index contributed by atoms with van der Waals surface area (Å²) in [6.45, 7) is 12.2. The first-order valence-electron chi connectivity index (χ1n) is 24.1. The Kier molecular flexibility index (Phi) is 16.0. The van der Waals surface area contributed by atoms with Crippen LogP contribution in [-0.4, -0.2) is 96.5 Å². The summed E-state index contributed by atoms with van der Waals surface area (Å²) in [5, 5.41) is 2.79. The van der Waals surface area contributed by atoms with Gasteiger partial charge in [0.1, 0.15) is 18.1 Å². The van der Waals surface area contributed by atoms with E-state index in [2.05, 4.69) is 104 Å². The molecule has 3 heterocycles. The second kappa shape index (κ2) is 21.6. The van der Waals surface area contributed by atoms with Gasteiger partial charge in [-0.05, 0) is 118 Å². The Balaban J connectivity index is 1.20. The highest BCUT2D eigenvalue weighted by atomic mass is 32.2. The predicted molar refractivity (Wildman–Crippen MR) is 273 cm³/mol. The number of allylic oxidation sites excluding steroid dienone is 7. The first kappa shape index (κ1) is 51.9. The van der Waals surface area contributed by atoms with Crippen LogP contribution in [0.2, 0.25) is 0 Å². The molecule has 0 saturated carbocycles. The van der Waals surface area contributed by atoms with Crippen LogP contribution in [0.15, 0.2) is 126 Å². The first-order valence-corrected chi connectivity index (χ1v) is 27.3. The van der Waals surface area contributed by atoms with Gasteiger partial charge in [-0.2, -0.15) is 21.4 Å². The Morgan fingerprint density at radius 2 is 1.47 bits per heavy atom. The third kappa shape index (κ3) is 12.5. The zero-order chi connectivity index (χ0) is 50.4. The highest BCUT2D eigenvalue weighted by Crippen LogP contribution is 2.48. The molecular formula is C54H65N4O10S2+. The van der Waals surface area contributed by atoms with Crippen LogP contribution in [0, 0.1) is 6.92 Å². The summed E-state index contributed by atoms with van der Waals surface area (Å²) in [7, 11) is -8.16. The second-order valence-electron chi connectivity index (χ2n) is 19.5. The van der Waals surface area contributed by atoms with Gasteiger partial charge < -0.3 is 15.0 Å². The van der Waals surface area contributed by atoms with Crippen molar-refractivity contribution in [2.75, 3.05) is 42.6 Å². The van der Waals surface area contributed by atoms with Crippen molar-refractivity contribution in [3.8, 4) is 5.75 Å². The number of benzene rings is 3. The zero-order valence-corrected chi connectivity index (χ0v) is 42.4. The average Bonchev–Trinajstić information content (AvgIpc) is 3.81. The maximum Gasteiger partial charge on any atom is 0.264 e. The molecule has 0 radical (unpaired) electrons. The monoisotopic (exact) mass is 993 g/mol. The van der Waals surface area contributed by atoms with Crippen LogP contribution in [0.4, 0.5) is 11.4 Å². The molecule has 1 aliphatic carbocycles. The SMILES string of the molecule is Cc1ccc2c(c1)C(C)(C)C(=CC=C1CCCC(C=CC3=[N+](CCCCS(=O)(=O)O)c4ccccc4C3(C)C)=C1Oc1ccc(CCC(=O)NCCN3C(=O)C=CC3=O)cc1)N2CCCCS(=O)(=O)O. The number of aryl methyl sites for hydroxylation is 2. The Hall–Kier alpha value is -5.94. The molecule has 4 aliphatic rings. The van der Waals surface area contributed by atoms with Gasteiger partial charge in [0.15, 0.2) is 5.71 Å². The Bertz CT molecular complexity index is 2930. The smallest absolute Gasteiger partial charge is 0.264 e. The third-order valence-corrected chi connectivity index (χ3v) is 15.2. The van der Waals surface area contributed by atoms with Gasteiger partial charge in [-0.15, -0.1) is 0 Å². The van der Waals surface area contributed by atoms with E-state index in [1.165, 1.54) is 17.7 Å². The van der Waals surface area contributed by atoms with Gasteiger partial charge in [-0.1, -0.05) is 68.0 Å². The van der Waals surface area contributed by atoms with Gasteiger partial charge in [0.2, 0.25) is 11.6 Å². The van der Waals surface area contributed by atoms with E-state index < -0.39 is 20.2 Å². The lowest BCUT2D eigenvalue weighted by Crippen LogP contribution is -2.38. The minimum Gasteiger partial charge on any atom is -0.457 e. The van der Waals surface area contributed by atoms with Crippen molar-refractivity contribution < 1.29 is 49.6 Å². The number of nitrogens with zero attached hydrogens (tertiary/aromatic N) is 3. The van der Waals surface area contributed by atoms with E-state index in [4.69, 9.17) is 4.74 Å². The van der Waals surface area contributed by atoms with Gasteiger partial charge in [0, 0.05) is 79.1 Å². The number of ether oxygens (including phenoxy) is 1. The number of carbonyl (C=O) groups excluding carboxylic acids is 3. The largest absolute Gasteiger partial charge is 0.457 e. The van der Waals surface area contributed by atoms with Crippen LogP contribution >= 0.6 is 0 Å². The summed E-state index contributed by atoms with van der Waals surface area (Å²) in [4.78, 5) is 39.8. The predicted octanol–water partition coefficient (Wildman–Crippen LogP) is 8.36. The Morgan fingerprint density at radius 3 is 2.17 bits per heavy atom. The number of anilines is 1. The van der Waals surface area contributed by atoms with Gasteiger partial charge in [-0.3, -0.25) is 28.4 Å². The third-order valence-electron chi connectivity index (χ3n) is 13.6. The molecule has 0 atom stereocenters. The molecule has 7 rings (SSSR count). The van der Waals surface area contributed by atoms with E-state index >= 15 is 0 Å². The fourth-order valence-electron chi connectivity index (χ4n) is 9.88. The average molecular weight is 994 g/mol. The van der Waals surface area contributed by atoms with Gasteiger partial charge >= 0.3 is 0 Å². The van der Waals surface area contributed by atoms with E-state index in [9.17, 15) is 40.3 Å². The number of carbonyl (C=O) groups is 3. The summed E-state index contributed by atoms with van der Waals surface area (Å²) >= 11 is 0. The van der Waals surface area contributed by atoms with Gasteiger partial charge in [-0.25, -0.2) is 0 Å². The topological polar surface area (TPSA) is 191 Å². The molecule has 3 amide bonds. The summed E-state index contributed by atoms with van der Waals surface area (Å²) < 4.78 is 74.3. The molecule has 0 bridgehead atoms. The number of imide groups is 1. The maximum atomic E-state index is 12.7. The van der Waals surface area contributed by atoms with Crippen molar-refractivity contribution in [1.82, 2.24) is 10.2 Å². The van der Waals surface area contributed by atoms with E-state index in [0.29, 0.717) is 50.9 Å². The van der Waals surface area contributed by atoms with Crippen molar-refractivity contribution in [1.29, 1.82) is 0 Å². The number of para-hydroxylation sites is 1. The zero-order valence-electron chi connectivity index (χ0n) is 40.7. The van der Waals surface area contributed by atoms with E-state index in [-0.39, 0.29) is 59.6 Å². The standard InChI is InChI=1S/C54H64N4O10S2/c1-38-17-25-46-44(37-38)54(4,5)48(57(46)33-9-11-36-70(65,66)67)27-22-41-14-12-13-40(21-26-47-53(2,3)43-15-6-7-16-45(43)56(47)32-8-10-35-69(62,63)64)52(41)68-42-23-18-39(19-24-42)20-28-49(59)55-31-34-58-50(60)29-30-51(58)61/h6-7,15-19,21-27,29-30,37H,8-14,20,28,31-36H2,1-5H3,(H2-,55,59,62,63,64,65,66,67)/p+1. The molecule has 16 heteroatoms. The number of nitrogens with one attached hydrogen (secondary N) is 1. The molecule has 3 aromatic rings. The molecule has 0 saturated heterocycles. The van der Waals surface area contributed by atoms with E-state index in [1.807, 2.05) is 36.4 Å². The molecular weight excluding hydrogens is 929 g/mol. The molecule has 0 unspecified atom stereocenters. The minimum atomic E-state index is -4.08. The summed E-state index contributed by atoms with van der Waals surface area (Å²) in [6.07, 6.45) is 15.8. The Labute approximate surface area is 412 Å². The van der Waals surface area contributed by atoms with Crippen LogP contribution in [0.25, 0.3) is 0 Å². The lowest BCUT2D eigenvalue weighted by molar-refractivity contribution is -0.438. The van der Waals surface area contributed by atoms with Gasteiger partial charge in [0.25, 0.3) is 32.1 Å². The lowest BCUT2D eigenvalue weighted by Gasteiger charge is -2.27. The highest BCUT2D eigenvalue weighted by Gasteiger charge is 2.44. The van der Waals surface area contributed by atoms with Crippen LogP contribution in [0.1, 0.15) is 101 Å². The maximum absolute atomic E-state index is 12.7. The van der Waals surface area contributed by atoms with Crippen LogP contribution < -0.4 is 15.0 Å². The van der Waals surface area contributed by atoms with E-state index in [1.54, 1.807) is 0 Å².